The number of urea groups is 1. The average molecular weight is 460 g/mol. The lowest BCUT2D eigenvalue weighted by atomic mass is 9.96. The van der Waals surface area contributed by atoms with Crippen molar-refractivity contribution >= 4 is 23.8 Å². The molecule has 3 aliphatic rings. The van der Waals surface area contributed by atoms with Crippen LogP contribution in [-0.4, -0.2) is 83.1 Å². The van der Waals surface area contributed by atoms with E-state index in [1.54, 1.807) is 11.1 Å². The van der Waals surface area contributed by atoms with Gasteiger partial charge in [-0.15, -0.1) is 0 Å². The number of morpholine rings is 1. The van der Waals surface area contributed by atoms with Gasteiger partial charge in [0.1, 0.15) is 11.4 Å². The van der Waals surface area contributed by atoms with E-state index in [2.05, 4.69) is 10.3 Å². The summed E-state index contributed by atoms with van der Waals surface area (Å²) in [6.45, 7) is 3.37. The predicted octanol–water partition coefficient (Wildman–Crippen LogP) is 1.48. The van der Waals surface area contributed by atoms with Crippen LogP contribution in [0.2, 0.25) is 0 Å². The minimum Gasteiger partial charge on any atom is -0.478 e. The van der Waals surface area contributed by atoms with E-state index >= 15 is 0 Å². The quantitative estimate of drug-likeness (QED) is 0.618. The van der Waals surface area contributed by atoms with Gasteiger partial charge in [0.15, 0.2) is 0 Å². The lowest BCUT2D eigenvalue weighted by molar-refractivity contribution is -0.192. The predicted molar refractivity (Wildman–Crippen MR) is 104 cm³/mol. The Bertz CT molecular complexity index is 885. The maximum absolute atomic E-state index is 12.2. The lowest BCUT2D eigenvalue weighted by Gasteiger charge is -2.33. The van der Waals surface area contributed by atoms with Crippen LogP contribution in [0, 0.1) is 0 Å². The van der Waals surface area contributed by atoms with Gasteiger partial charge in [0.05, 0.1) is 13.2 Å². The minimum absolute atomic E-state index is 0.0673. The summed E-state index contributed by atoms with van der Waals surface area (Å²) in [5.74, 6) is -3.19. The first kappa shape index (κ1) is 23.6. The number of carboxylic acid groups (broad SMARTS) is 2. The van der Waals surface area contributed by atoms with E-state index in [4.69, 9.17) is 14.6 Å². The molecule has 0 atom stereocenters. The normalized spacial score (nSPS) is 18.2. The number of aromatic nitrogens is 1. The number of nitrogens with one attached hydrogen (secondary N) is 1. The highest BCUT2D eigenvalue weighted by molar-refractivity contribution is 5.95. The first-order chi connectivity index (χ1) is 15.1. The average Bonchev–Trinajstić information content (AvgIpc) is 3.56. The van der Waals surface area contributed by atoms with E-state index < -0.39 is 18.1 Å². The van der Waals surface area contributed by atoms with Crippen molar-refractivity contribution in [1.29, 1.82) is 0 Å². The van der Waals surface area contributed by atoms with Crippen molar-refractivity contribution in [3.63, 3.8) is 0 Å². The van der Waals surface area contributed by atoms with E-state index in [9.17, 15) is 27.9 Å². The Hall–Kier alpha value is -3.09. The molecule has 3 heterocycles. The van der Waals surface area contributed by atoms with E-state index in [1.165, 1.54) is 0 Å². The number of fused-ring (bicyclic) bond motifs is 1. The van der Waals surface area contributed by atoms with Crippen molar-refractivity contribution in [2.75, 3.05) is 37.7 Å². The zero-order chi connectivity index (χ0) is 23.5. The number of aromatic carboxylic acids is 1. The molecule has 2 fully saturated rings. The standard InChI is InChI=1S/C17H22N4O4.C2HF3O2/c22-16(23)14-13-3-4-21(17(24)19-12-1-2-12)10-11(13)9-18-15(14)20-5-7-25-8-6-20;3-2(4,5)1(6)7/h9,12H,1-8,10H2,(H,19,24)(H,22,23);(H,6,7). The van der Waals surface area contributed by atoms with Crippen LogP contribution >= 0.6 is 0 Å². The van der Waals surface area contributed by atoms with E-state index in [0.717, 1.165) is 24.0 Å². The topological polar surface area (TPSA) is 132 Å². The molecule has 0 unspecified atom stereocenters. The molecule has 0 spiro atoms. The Kier molecular flexibility index (Phi) is 7.06. The van der Waals surface area contributed by atoms with Gasteiger partial charge in [-0.1, -0.05) is 0 Å². The summed E-state index contributed by atoms with van der Waals surface area (Å²) in [4.78, 5) is 41.2. The Labute approximate surface area is 181 Å². The van der Waals surface area contributed by atoms with Gasteiger partial charge in [0, 0.05) is 38.4 Å². The number of rotatable bonds is 3. The summed E-state index contributed by atoms with van der Waals surface area (Å²) < 4.78 is 37.1. The molecule has 10 nitrogen and oxygen atoms in total. The van der Waals surface area contributed by atoms with Gasteiger partial charge in [-0.3, -0.25) is 0 Å². The molecule has 1 aliphatic carbocycles. The molecule has 4 rings (SSSR count). The number of nitrogens with zero attached hydrogens (tertiary/aromatic N) is 3. The highest BCUT2D eigenvalue weighted by Crippen LogP contribution is 2.29. The van der Waals surface area contributed by atoms with Crippen LogP contribution < -0.4 is 10.2 Å². The first-order valence-electron chi connectivity index (χ1n) is 10.00. The second-order valence-electron chi connectivity index (χ2n) is 7.56. The molecule has 1 saturated carbocycles. The second kappa shape index (κ2) is 9.59. The third-order valence-electron chi connectivity index (χ3n) is 5.21. The Morgan fingerprint density at radius 3 is 2.28 bits per heavy atom. The molecule has 2 amide bonds. The third kappa shape index (κ3) is 5.78. The highest BCUT2D eigenvalue weighted by atomic mass is 19.4. The number of hydrogen-bond acceptors (Lipinski definition) is 6. The number of anilines is 1. The second-order valence-corrected chi connectivity index (χ2v) is 7.56. The van der Waals surface area contributed by atoms with Crippen molar-refractivity contribution in [2.24, 2.45) is 0 Å². The Morgan fingerprint density at radius 1 is 1.12 bits per heavy atom. The molecule has 0 radical (unpaired) electrons. The summed E-state index contributed by atoms with van der Waals surface area (Å²) in [5.41, 5.74) is 1.91. The van der Waals surface area contributed by atoms with Gasteiger partial charge in [0.25, 0.3) is 0 Å². The maximum Gasteiger partial charge on any atom is 0.490 e. The first-order valence-corrected chi connectivity index (χ1v) is 10.00. The van der Waals surface area contributed by atoms with Crippen LogP contribution in [0.15, 0.2) is 6.20 Å². The van der Waals surface area contributed by atoms with Gasteiger partial charge in [-0.05, 0) is 30.4 Å². The summed E-state index contributed by atoms with van der Waals surface area (Å²) in [5, 5.41) is 19.9. The molecule has 0 aromatic carbocycles. The number of ether oxygens (including phenoxy) is 1. The summed E-state index contributed by atoms with van der Waals surface area (Å²) in [6, 6.07) is 0.243. The van der Waals surface area contributed by atoms with Gasteiger partial charge in [-0.2, -0.15) is 13.2 Å². The molecule has 1 aromatic rings. The van der Waals surface area contributed by atoms with Gasteiger partial charge in [0.2, 0.25) is 0 Å². The fourth-order valence-electron chi connectivity index (χ4n) is 3.44. The highest BCUT2D eigenvalue weighted by Gasteiger charge is 2.38. The van der Waals surface area contributed by atoms with Crippen molar-refractivity contribution < 1.29 is 42.5 Å². The molecule has 13 heteroatoms. The van der Waals surface area contributed by atoms with Crippen LogP contribution in [0.4, 0.5) is 23.8 Å². The van der Waals surface area contributed by atoms with E-state index in [0.29, 0.717) is 57.7 Å². The Morgan fingerprint density at radius 2 is 1.75 bits per heavy atom. The Balaban J connectivity index is 0.000000360. The van der Waals surface area contributed by atoms with E-state index in [-0.39, 0.29) is 11.6 Å². The summed E-state index contributed by atoms with van der Waals surface area (Å²) in [6.07, 6.45) is -0.731. The third-order valence-corrected chi connectivity index (χ3v) is 5.21. The van der Waals surface area contributed by atoms with Crippen LogP contribution in [-0.2, 0) is 22.5 Å². The van der Waals surface area contributed by atoms with Crippen LogP contribution in [0.5, 0.6) is 0 Å². The number of halogens is 3. The van der Waals surface area contributed by atoms with Crippen molar-refractivity contribution in [2.45, 2.75) is 38.0 Å². The van der Waals surface area contributed by atoms with Gasteiger partial charge < -0.3 is 30.1 Å². The number of carbonyl (C=O) groups excluding carboxylic acids is 1. The number of aliphatic carboxylic acids is 1. The zero-order valence-corrected chi connectivity index (χ0v) is 17.0. The number of carbonyl (C=O) groups is 3. The molecule has 3 N–H and O–H groups in total. The molecular formula is C19H23F3N4O6. The number of hydrogen-bond donors (Lipinski definition) is 3. The maximum atomic E-state index is 12.2. The molecule has 0 bridgehead atoms. The minimum atomic E-state index is -5.08. The van der Waals surface area contributed by atoms with Crippen molar-refractivity contribution in [1.82, 2.24) is 15.2 Å². The molecule has 1 saturated heterocycles. The number of pyridine rings is 1. The van der Waals surface area contributed by atoms with Crippen molar-refractivity contribution in [3.8, 4) is 0 Å². The van der Waals surface area contributed by atoms with E-state index in [1.807, 2.05) is 4.90 Å². The van der Waals surface area contributed by atoms with Crippen molar-refractivity contribution in [3.05, 3.63) is 22.9 Å². The smallest absolute Gasteiger partial charge is 0.478 e. The number of amides is 2. The summed E-state index contributed by atoms with van der Waals surface area (Å²) in [7, 11) is 0. The van der Waals surface area contributed by atoms with Crippen LogP contribution in [0.25, 0.3) is 0 Å². The van der Waals surface area contributed by atoms with Crippen LogP contribution in [0.3, 0.4) is 0 Å². The SMILES string of the molecule is O=C(O)C(F)(F)F.O=C(O)c1c(N2CCOCC2)ncc2c1CCN(C(=O)NC1CC1)C2. The molecule has 2 aliphatic heterocycles. The monoisotopic (exact) mass is 460 g/mol. The lowest BCUT2D eigenvalue weighted by Crippen LogP contribution is -2.44. The molecule has 32 heavy (non-hydrogen) atoms. The summed E-state index contributed by atoms with van der Waals surface area (Å²) >= 11 is 0. The van der Waals surface area contributed by atoms with Gasteiger partial charge in [-0.25, -0.2) is 19.4 Å². The molecule has 176 valence electrons. The number of alkyl halides is 3. The number of carboxylic acids is 2. The fourth-order valence-corrected chi connectivity index (χ4v) is 3.44. The van der Waals surface area contributed by atoms with Gasteiger partial charge >= 0.3 is 24.1 Å². The zero-order valence-electron chi connectivity index (χ0n) is 17.0. The van der Waals surface area contributed by atoms with Crippen LogP contribution in [0.1, 0.15) is 34.3 Å². The molecule has 1 aromatic heterocycles. The largest absolute Gasteiger partial charge is 0.490 e. The molecular weight excluding hydrogens is 437 g/mol. The fraction of sp³-hybridized carbons (Fsp3) is 0.579.